The van der Waals surface area contributed by atoms with E-state index >= 15 is 0 Å². The summed E-state index contributed by atoms with van der Waals surface area (Å²) in [5.41, 5.74) is 2.54. The third-order valence-electron chi connectivity index (χ3n) is 3.18. The quantitative estimate of drug-likeness (QED) is 0.610. The number of hydrogen-bond donors (Lipinski definition) is 1. The van der Waals surface area contributed by atoms with Crippen LogP contribution in [0.4, 0.5) is 5.69 Å². The van der Waals surface area contributed by atoms with Crippen LogP contribution >= 0.6 is 22.6 Å². The fraction of sp³-hybridized carbons (Fsp3) is 0.250. The number of anilines is 1. The molecule has 0 saturated carbocycles. The van der Waals surface area contributed by atoms with E-state index in [1.54, 1.807) is 0 Å². The van der Waals surface area contributed by atoms with Crippen LogP contribution in [-0.2, 0) is 6.54 Å². The van der Waals surface area contributed by atoms with Crippen LogP contribution < -0.4 is 10.5 Å². The highest BCUT2D eigenvalue weighted by Crippen LogP contribution is 2.17. The molecule has 0 aliphatic heterocycles. The Morgan fingerprint density at radius 1 is 0.947 bits per heavy atom. The molecular weight excluding hydrogens is 361 g/mol. The minimum absolute atomic E-state index is 0.881. The lowest BCUT2D eigenvalue weighted by Crippen LogP contribution is -2.37. The Bertz CT molecular complexity index is 543. The van der Waals surface area contributed by atoms with Crippen molar-refractivity contribution < 1.29 is 0 Å². The molecule has 0 atom stereocenters. The van der Waals surface area contributed by atoms with E-state index in [0.717, 1.165) is 6.54 Å². The molecule has 0 heterocycles. The highest BCUT2D eigenvalue weighted by atomic mass is 127. The van der Waals surface area contributed by atoms with Crippen molar-refractivity contribution in [2.45, 2.75) is 26.2 Å². The van der Waals surface area contributed by atoms with Gasteiger partial charge in [-0.3, -0.25) is 0 Å². The molecule has 0 fully saturated rings. The van der Waals surface area contributed by atoms with Gasteiger partial charge in [0.25, 0.3) is 0 Å². The van der Waals surface area contributed by atoms with Gasteiger partial charge in [0.05, 0.1) is 8.07 Å². The Labute approximate surface area is 130 Å². The van der Waals surface area contributed by atoms with Gasteiger partial charge in [-0.1, -0.05) is 61.2 Å². The Morgan fingerprint density at radius 2 is 1.58 bits per heavy atom. The molecular formula is C16H20INSi. The fourth-order valence-corrected chi connectivity index (χ4v) is 3.67. The molecule has 100 valence electrons. The van der Waals surface area contributed by atoms with Crippen LogP contribution in [0.25, 0.3) is 0 Å². The Balaban J connectivity index is 2.03. The van der Waals surface area contributed by atoms with Gasteiger partial charge in [-0.2, -0.15) is 0 Å². The molecule has 0 unspecified atom stereocenters. The fourth-order valence-electron chi connectivity index (χ4n) is 1.92. The number of rotatable bonds is 4. The van der Waals surface area contributed by atoms with Crippen LogP contribution in [0.5, 0.6) is 0 Å². The molecule has 0 aromatic heterocycles. The molecule has 0 radical (unpaired) electrons. The zero-order valence-corrected chi connectivity index (χ0v) is 14.9. The average Bonchev–Trinajstić information content (AvgIpc) is 2.37. The maximum absolute atomic E-state index is 3.49. The standard InChI is InChI=1S/C16H20INSi/c1-19(2,3)14-10-8-13(9-11-14)12-18-16-7-5-4-6-15(16)17/h4-11,18H,12H2,1-3H3. The summed E-state index contributed by atoms with van der Waals surface area (Å²) in [5, 5.41) is 5.01. The minimum Gasteiger partial charge on any atom is -0.380 e. The molecule has 0 aliphatic rings. The van der Waals surface area contributed by atoms with E-state index in [-0.39, 0.29) is 0 Å². The minimum atomic E-state index is -1.17. The van der Waals surface area contributed by atoms with Gasteiger partial charge in [0.1, 0.15) is 0 Å². The lowest BCUT2D eigenvalue weighted by Gasteiger charge is -2.17. The van der Waals surface area contributed by atoms with E-state index in [4.69, 9.17) is 0 Å². The van der Waals surface area contributed by atoms with Crippen molar-refractivity contribution in [2.24, 2.45) is 0 Å². The van der Waals surface area contributed by atoms with Gasteiger partial charge in [-0.05, 0) is 40.3 Å². The van der Waals surface area contributed by atoms with Crippen LogP contribution in [0.15, 0.2) is 48.5 Å². The van der Waals surface area contributed by atoms with E-state index in [1.165, 1.54) is 20.0 Å². The third-order valence-corrected chi connectivity index (χ3v) is 6.18. The monoisotopic (exact) mass is 381 g/mol. The van der Waals surface area contributed by atoms with Crippen molar-refractivity contribution in [1.29, 1.82) is 0 Å². The van der Waals surface area contributed by atoms with E-state index in [9.17, 15) is 0 Å². The maximum atomic E-state index is 3.49. The topological polar surface area (TPSA) is 12.0 Å². The summed E-state index contributed by atoms with van der Waals surface area (Å²) in [6, 6.07) is 17.5. The summed E-state index contributed by atoms with van der Waals surface area (Å²) in [4.78, 5) is 0. The second-order valence-electron chi connectivity index (χ2n) is 5.78. The summed E-state index contributed by atoms with van der Waals surface area (Å²) < 4.78 is 1.26. The van der Waals surface area contributed by atoms with Crippen LogP contribution in [-0.4, -0.2) is 8.07 Å². The maximum Gasteiger partial charge on any atom is 0.0775 e. The Morgan fingerprint density at radius 3 is 2.16 bits per heavy atom. The van der Waals surface area contributed by atoms with Crippen LogP contribution in [0, 0.1) is 3.57 Å². The second kappa shape index (κ2) is 6.09. The number of hydrogen-bond acceptors (Lipinski definition) is 1. The first kappa shape index (κ1) is 14.6. The number of benzene rings is 2. The predicted molar refractivity (Wildman–Crippen MR) is 95.9 cm³/mol. The largest absolute Gasteiger partial charge is 0.380 e. The van der Waals surface area contributed by atoms with Crippen molar-refractivity contribution in [3.63, 3.8) is 0 Å². The number of para-hydroxylation sites is 1. The van der Waals surface area contributed by atoms with Crippen molar-refractivity contribution in [3.8, 4) is 0 Å². The predicted octanol–water partition coefficient (Wildman–Crippen LogP) is 4.45. The van der Waals surface area contributed by atoms with Gasteiger partial charge in [0.2, 0.25) is 0 Å². The number of nitrogens with one attached hydrogen (secondary N) is 1. The molecule has 0 bridgehead atoms. The molecule has 1 N–H and O–H groups in total. The highest BCUT2D eigenvalue weighted by Gasteiger charge is 2.15. The lowest BCUT2D eigenvalue weighted by molar-refractivity contribution is 1.15. The van der Waals surface area contributed by atoms with Crippen LogP contribution in [0.3, 0.4) is 0 Å². The average molecular weight is 381 g/mol. The van der Waals surface area contributed by atoms with Crippen LogP contribution in [0.2, 0.25) is 19.6 Å². The second-order valence-corrected chi connectivity index (χ2v) is 12.0. The Kier molecular flexibility index (Phi) is 4.68. The summed E-state index contributed by atoms with van der Waals surface area (Å²) in [7, 11) is -1.17. The summed E-state index contributed by atoms with van der Waals surface area (Å²) in [5.74, 6) is 0. The van der Waals surface area contributed by atoms with E-state index in [2.05, 4.69) is 96.1 Å². The smallest absolute Gasteiger partial charge is 0.0775 e. The van der Waals surface area contributed by atoms with E-state index < -0.39 is 8.07 Å². The number of halogens is 1. The van der Waals surface area contributed by atoms with Crippen molar-refractivity contribution in [3.05, 3.63) is 57.7 Å². The molecule has 2 aromatic carbocycles. The molecule has 0 saturated heterocycles. The van der Waals surface area contributed by atoms with Gasteiger partial charge in [0.15, 0.2) is 0 Å². The van der Waals surface area contributed by atoms with Gasteiger partial charge < -0.3 is 5.32 Å². The molecule has 2 rings (SSSR count). The molecule has 1 nitrogen and oxygen atoms in total. The molecule has 19 heavy (non-hydrogen) atoms. The first-order valence-corrected chi connectivity index (χ1v) is 11.1. The summed E-state index contributed by atoms with van der Waals surface area (Å²) >= 11 is 2.36. The van der Waals surface area contributed by atoms with E-state index in [1.807, 2.05) is 0 Å². The highest BCUT2D eigenvalue weighted by molar-refractivity contribution is 14.1. The molecule has 3 heteroatoms. The summed E-state index contributed by atoms with van der Waals surface area (Å²) in [6.07, 6.45) is 0. The van der Waals surface area contributed by atoms with Crippen molar-refractivity contribution in [2.75, 3.05) is 5.32 Å². The molecule has 0 spiro atoms. The van der Waals surface area contributed by atoms with E-state index in [0.29, 0.717) is 0 Å². The van der Waals surface area contributed by atoms with Crippen molar-refractivity contribution >= 4 is 41.5 Å². The SMILES string of the molecule is C[Si](C)(C)c1ccc(CNc2ccccc2I)cc1. The summed E-state index contributed by atoms with van der Waals surface area (Å²) in [6.45, 7) is 8.03. The van der Waals surface area contributed by atoms with Gasteiger partial charge >= 0.3 is 0 Å². The third kappa shape index (κ3) is 4.08. The van der Waals surface area contributed by atoms with Crippen LogP contribution in [0.1, 0.15) is 5.56 Å². The normalized spacial score (nSPS) is 11.4. The molecule has 2 aromatic rings. The van der Waals surface area contributed by atoms with Crippen molar-refractivity contribution in [1.82, 2.24) is 0 Å². The van der Waals surface area contributed by atoms with Gasteiger partial charge in [-0.25, -0.2) is 0 Å². The zero-order valence-electron chi connectivity index (χ0n) is 11.7. The van der Waals surface area contributed by atoms with Gasteiger partial charge in [-0.15, -0.1) is 0 Å². The first-order chi connectivity index (χ1) is 8.97. The van der Waals surface area contributed by atoms with Gasteiger partial charge in [0, 0.05) is 15.8 Å². The Hall–Kier alpha value is -0.813. The zero-order chi connectivity index (χ0) is 13.9. The lowest BCUT2D eigenvalue weighted by atomic mass is 10.2. The molecule has 0 amide bonds. The first-order valence-electron chi connectivity index (χ1n) is 6.54. The molecule has 0 aliphatic carbocycles.